The monoisotopic (exact) mass is 689 g/mol. The highest BCUT2D eigenvalue weighted by atomic mass is 79.9. The van der Waals surface area contributed by atoms with Crippen LogP contribution in [-0.2, 0) is 16.1 Å². The van der Waals surface area contributed by atoms with Crippen molar-refractivity contribution in [2.45, 2.75) is 97.2 Å². The molecule has 0 N–H and O–H groups in total. The van der Waals surface area contributed by atoms with E-state index < -0.39 is 0 Å². The predicted molar refractivity (Wildman–Crippen MR) is 186 cm³/mol. The molecule has 1 aliphatic heterocycles. The highest BCUT2D eigenvalue weighted by Crippen LogP contribution is 2.60. The van der Waals surface area contributed by atoms with Gasteiger partial charge in [0.1, 0.15) is 11.4 Å². The van der Waals surface area contributed by atoms with Gasteiger partial charge in [-0.1, -0.05) is 84.8 Å². The van der Waals surface area contributed by atoms with E-state index in [4.69, 9.17) is 4.74 Å². The van der Waals surface area contributed by atoms with Crippen molar-refractivity contribution in [2.24, 2.45) is 29.1 Å². The first-order chi connectivity index (χ1) is 22.2. The predicted octanol–water partition coefficient (Wildman–Crippen LogP) is 7.69. The average Bonchev–Trinajstić information content (AvgIpc) is 3.52. The van der Waals surface area contributed by atoms with Gasteiger partial charge in [0.25, 0.3) is 0 Å². The molecule has 2 aromatic rings. The molecule has 7 nitrogen and oxygen atoms in total. The van der Waals surface area contributed by atoms with E-state index in [0.29, 0.717) is 42.3 Å². The van der Waals surface area contributed by atoms with Gasteiger partial charge in [0, 0.05) is 6.42 Å². The van der Waals surface area contributed by atoms with Crippen LogP contribution in [0.4, 0.5) is 0 Å². The van der Waals surface area contributed by atoms with Gasteiger partial charge in [-0.25, -0.2) is 23.5 Å². The lowest BCUT2D eigenvalue weighted by atomic mass is 9.60. The largest absolute Gasteiger partial charge is 0.461 e. The molecule has 3 unspecified atom stereocenters. The molecule has 8 heteroatoms. The molecule has 1 aromatic heterocycles. The Bertz CT molecular complexity index is 1680. The third-order valence-electron chi connectivity index (χ3n) is 11.3. The van der Waals surface area contributed by atoms with E-state index in [1.165, 1.54) is 28.6 Å². The number of aromatic nitrogens is 3. The Hall–Kier alpha value is -3.13. The van der Waals surface area contributed by atoms with Crippen LogP contribution in [0.2, 0.25) is 0 Å². The summed E-state index contributed by atoms with van der Waals surface area (Å²) in [6.07, 6.45) is 17.6. The number of alkyl halides is 1. The molecular weight excluding hydrogens is 642 g/mol. The van der Waals surface area contributed by atoms with Crippen molar-refractivity contribution in [3.8, 4) is 5.69 Å². The first-order valence-corrected chi connectivity index (χ1v) is 18.2. The SMILES string of the molecule is C=C[C@H](C/C=C/C(C)C)C1CCC2/C(=C/C3C4=C(CC[C@H](OC(=O)CBr)C4)Cn4c(=O)n(-c5ccccc5)c(=O)n43)CCC[C@@]21C. The summed E-state index contributed by atoms with van der Waals surface area (Å²) in [6.45, 7) is 11.6. The molecular formula is C38H48BrN3O4. The number of halogens is 1. The Morgan fingerprint density at radius 3 is 2.63 bits per heavy atom. The van der Waals surface area contributed by atoms with E-state index in [2.05, 4.69) is 67.6 Å². The quantitative estimate of drug-likeness (QED) is 0.154. The zero-order chi connectivity index (χ0) is 32.6. The van der Waals surface area contributed by atoms with E-state index in [0.717, 1.165) is 44.1 Å². The maximum Gasteiger partial charge on any atom is 0.352 e. The molecule has 3 aliphatic carbocycles. The maximum absolute atomic E-state index is 14.2. The van der Waals surface area contributed by atoms with Gasteiger partial charge in [0.15, 0.2) is 0 Å². The van der Waals surface area contributed by atoms with E-state index in [-0.39, 0.29) is 40.2 Å². The minimum Gasteiger partial charge on any atom is -0.461 e. The molecule has 2 fully saturated rings. The lowest BCUT2D eigenvalue weighted by molar-refractivity contribution is -0.146. The summed E-state index contributed by atoms with van der Waals surface area (Å²) in [7, 11) is 0. The number of carbonyl (C=O) groups is 1. The first kappa shape index (κ1) is 32.8. The van der Waals surface area contributed by atoms with Crippen molar-refractivity contribution in [3.63, 3.8) is 0 Å². The van der Waals surface area contributed by atoms with Crippen LogP contribution >= 0.6 is 15.9 Å². The van der Waals surface area contributed by atoms with Gasteiger partial charge >= 0.3 is 17.3 Å². The topological polar surface area (TPSA) is 75.2 Å². The fourth-order valence-corrected chi connectivity index (χ4v) is 9.27. The van der Waals surface area contributed by atoms with Crippen molar-refractivity contribution in [3.05, 3.63) is 98.9 Å². The second-order valence-corrected chi connectivity index (χ2v) is 14.9. The van der Waals surface area contributed by atoms with Crippen molar-refractivity contribution < 1.29 is 9.53 Å². The van der Waals surface area contributed by atoms with Crippen molar-refractivity contribution in [1.29, 1.82) is 0 Å². The number of nitrogens with zero attached hydrogens (tertiary/aromatic N) is 3. The molecule has 2 saturated carbocycles. The second-order valence-electron chi connectivity index (χ2n) is 14.3. The number of hydrogen-bond acceptors (Lipinski definition) is 4. The molecule has 2 heterocycles. The summed E-state index contributed by atoms with van der Waals surface area (Å²) >= 11 is 3.23. The minimum atomic E-state index is -0.389. The number of esters is 1. The number of para-hydroxylation sites is 1. The molecule has 4 aliphatic rings. The van der Waals surface area contributed by atoms with E-state index >= 15 is 0 Å². The second kappa shape index (κ2) is 13.5. The van der Waals surface area contributed by atoms with Gasteiger partial charge in [-0.3, -0.25) is 4.79 Å². The number of allylic oxidation sites excluding steroid dienone is 6. The zero-order valence-corrected chi connectivity index (χ0v) is 29.1. The van der Waals surface area contributed by atoms with Gasteiger partial charge in [-0.15, -0.1) is 6.58 Å². The lowest BCUT2D eigenvalue weighted by Crippen LogP contribution is -2.40. The van der Waals surface area contributed by atoms with Crippen molar-refractivity contribution >= 4 is 21.9 Å². The summed E-state index contributed by atoms with van der Waals surface area (Å²) in [5, 5.41) is 0.155. The van der Waals surface area contributed by atoms with E-state index in [9.17, 15) is 14.4 Å². The van der Waals surface area contributed by atoms with Gasteiger partial charge in [-0.2, -0.15) is 0 Å². The normalized spacial score (nSPS) is 29.1. The fourth-order valence-electron chi connectivity index (χ4n) is 9.14. The number of carbonyl (C=O) groups excluding carboxylic acids is 1. The molecule has 246 valence electrons. The molecule has 0 bridgehead atoms. The maximum atomic E-state index is 14.2. The third-order valence-corrected chi connectivity index (χ3v) is 11.7. The van der Waals surface area contributed by atoms with Gasteiger partial charge in [-0.05, 0) is 104 Å². The van der Waals surface area contributed by atoms with Crippen LogP contribution < -0.4 is 11.4 Å². The van der Waals surface area contributed by atoms with Crippen LogP contribution in [0.5, 0.6) is 0 Å². The number of hydrogen-bond donors (Lipinski definition) is 0. The van der Waals surface area contributed by atoms with Crippen LogP contribution in [0.15, 0.2) is 87.5 Å². The molecule has 0 saturated heterocycles. The molecule has 46 heavy (non-hydrogen) atoms. The van der Waals surface area contributed by atoms with Gasteiger partial charge in [0.2, 0.25) is 0 Å². The van der Waals surface area contributed by atoms with Crippen molar-refractivity contribution in [2.75, 3.05) is 5.33 Å². The lowest BCUT2D eigenvalue weighted by Gasteiger charge is -2.45. The molecule has 1 aromatic carbocycles. The first-order valence-electron chi connectivity index (χ1n) is 17.1. The summed E-state index contributed by atoms with van der Waals surface area (Å²) in [4.78, 5) is 40.4. The highest BCUT2D eigenvalue weighted by Gasteiger charge is 2.51. The van der Waals surface area contributed by atoms with Crippen LogP contribution in [0.1, 0.15) is 84.6 Å². The van der Waals surface area contributed by atoms with Gasteiger partial charge < -0.3 is 4.74 Å². The van der Waals surface area contributed by atoms with Crippen LogP contribution in [0.25, 0.3) is 5.69 Å². The van der Waals surface area contributed by atoms with Crippen molar-refractivity contribution in [1.82, 2.24) is 13.9 Å². The number of benzene rings is 1. The Morgan fingerprint density at radius 2 is 1.91 bits per heavy atom. The zero-order valence-electron chi connectivity index (χ0n) is 27.5. The molecule has 0 amide bonds. The van der Waals surface area contributed by atoms with Crippen LogP contribution in [-0.4, -0.2) is 31.3 Å². The molecule has 6 rings (SSSR count). The Balaban J connectivity index is 1.41. The van der Waals surface area contributed by atoms with E-state index in [1.807, 2.05) is 30.3 Å². The molecule has 6 atom stereocenters. The highest BCUT2D eigenvalue weighted by molar-refractivity contribution is 9.09. The van der Waals surface area contributed by atoms with Crippen LogP contribution in [0.3, 0.4) is 0 Å². The Kier molecular flexibility index (Phi) is 9.65. The Morgan fingerprint density at radius 1 is 1.13 bits per heavy atom. The average molecular weight is 691 g/mol. The summed E-state index contributed by atoms with van der Waals surface area (Å²) in [5.41, 5.74) is 3.82. The third kappa shape index (κ3) is 6.02. The Labute approximate surface area is 280 Å². The number of fused-ring (bicyclic) bond motifs is 2. The smallest absolute Gasteiger partial charge is 0.352 e. The summed E-state index contributed by atoms with van der Waals surface area (Å²) in [5.74, 6) is 1.68. The number of ether oxygens (including phenoxy) is 1. The van der Waals surface area contributed by atoms with E-state index in [1.54, 1.807) is 9.36 Å². The summed E-state index contributed by atoms with van der Waals surface area (Å²) in [6, 6.07) is 8.81. The molecule has 0 spiro atoms. The van der Waals surface area contributed by atoms with Crippen LogP contribution in [0, 0.1) is 29.1 Å². The van der Waals surface area contributed by atoms with Gasteiger partial charge in [0.05, 0.1) is 18.3 Å². The summed E-state index contributed by atoms with van der Waals surface area (Å²) < 4.78 is 10.5. The molecule has 0 radical (unpaired) electrons. The fraction of sp³-hybridized carbons (Fsp3) is 0.553. The standard InChI is InChI=1S/C38H48BrN3O4/c1-5-26(12-9-11-25(2)3)32-18-19-33-27(13-10-20-38(32,33)4)21-34-31-22-30(46-35(43)23-39)17-16-28(31)24-40-36(44)41(37(45)42(34)40)29-14-7-6-8-15-29/h5-9,11,14-15,21,25-26,30,32-34H,1,10,12-13,16-20,22-24H2,2-4H3/b11-9+,27-21+/t26-,30+,32?,33?,34?,38-/m1/s1. The minimum absolute atomic E-state index is 0.154. The number of rotatable bonds is 9.